The molecule has 1 aliphatic rings. The molecular weight excluding hydrogens is 236 g/mol. The first-order valence-corrected chi connectivity index (χ1v) is 7.44. The van der Waals surface area contributed by atoms with Crippen molar-refractivity contribution in [3.8, 4) is 5.75 Å². The molecule has 1 unspecified atom stereocenters. The Morgan fingerprint density at radius 2 is 2.16 bits per heavy atom. The van der Waals surface area contributed by atoms with Crippen LogP contribution in [0.5, 0.6) is 5.75 Å². The fourth-order valence-corrected chi connectivity index (χ4v) is 2.65. The lowest BCUT2D eigenvalue weighted by Crippen LogP contribution is -2.15. The van der Waals surface area contributed by atoms with Gasteiger partial charge in [0.1, 0.15) is 5.75 Å². The standard InChI is InChI=1S/C17H26O2/c1-2-7-17(18)15-10-6-11-16(12-15)19-13-14-8-4-3-5-9-14/h6,10-12,14,17-18H,2-5,7-9,13H2,1H3/i7D2. The summed E-state index contributed by atoms with van der Waals surface area (Å²) in [5.74, 6) is 1.36. The molecule has 0 aliphatic heterocycles. The Morgan fingerprint density at radius 1 is 1.37 bits per heavy atom. The zero-order chi connectivity index (χ0) is 15.3. The number of ether oxygens (including phenoxy) is 1. The zero-order valence-corrected chi connectivity index (χ0v) is 11.8. The first kappa shape index (κ1) is 11.8. The molecule has 1 fully saturated rings. The SMILES string of the molecule is [2H]C([2H])(CC)C(O)c1cccc(OCC2CCCCC2)c1. The van der Waals surface area contributed by atoms with Crippen LogP contribution < -0.4 is 4.74 Å². The maximum Gasteiger partial charge on any atom is 0.119 e. The fraction of sp³-hybridized carbons (Fsp3) is 0.647. The first-order valence-electron chi connectivity index (χ1n) is 8.44. The van der Waals surface area contributed by atoms with Gasteiger partial charge in [0.2, 0.25) is 0 Å². The second-order valence-corrected chi connectivity index (χ2v) is 5.35. The van der Waals surface area contributed by atoms with Gasteiger partial charge in [-0.25, -0.2) is 0 Å². The van der Waals surface area contributed by atoms with Gasteiger partial charge in [-0.15, -0.1) is 0 Å². The zero-order valence-electron chi connectivity index (χ0n) is 13.8. The van der Waals surface area contributed by atoms with E-state index in [1.165, 1.54) is 32.1 Å². The van der Waals surface area contributed by atoms with E-state index in [4.69, 9.17) is 7.48 Å². The molecule has 0 amide bonds. The van der Waals surface area contributed by atoms with Gasteiger partial charge in [0.05, 0.1) is 12.7 Å². The average Bonchev–Trinajstić information content (AvgIpc) is 2.53. The topological polar surface area (TPSA) is 29.5 Å². The van der Waals surface area contributed by atoms with Crippen molar-refractivity contribution >= 4 is 0 Å². The van der Waals surface area contributed by atoms with Crippen LogP contribution in [0.2, 0.25) is 0 Å². The summed E-state index contributed by atoms with van der Waals surface area (Å²) < 4.78 is 21.5. The molecule has 106 valence electrons. The van der Waals surface area contributed by atoms with Crippen LogP contribution in [0.4, 0.5) is 0 Å². The van der Waals surface area contributed by atoms with Gasteiger partial charge in [0, 0.05) is 2.74 Å². The Labute approximate surface area is 119 Å². The van der Waals surface area contributed by atoms with Crippen LogP contribution in [-0.4, -0.2) is 11.7 Å². The Balaban J connectivity index is 1.97. The minimum absolute atomic E-state index is 0.279. The van der Waals surface area contributed by atoms with Crippen molar-refractivity contribution in [2.45, 2.75) is 57.9 Å². The summed E-state index contributed by atoms with van der Waals surface area (Å²) in [4.78, 5) is 0. The van der Waals surface area contributed by atoms with Gasteiger partial charge in [-0.1, -0.05) is 44.7 Å². The van der Waals surface area contributed by atoms with E-state index in [1.807, 2.05) is 12.1 Å². The molecule has 1 aliphatic carbocycles. The van der Waals surface area contributed by atoms with Gasteiger partial charge in [-0.3, -0.25) is 0 Å². The molecule has 1 atom stereocenters. The summed E-state index contributed by atoms with van der Waals surface area (Å²) in [6, 6.07) is 7.22. The number of benzene rings is 1. The molecule has 0 saturated heterocycles. The average molecular weight is 264 g/mol. The number of rotatable bonds is 6. The van der Waals surface area contributed by atoms with Crippen LogP contribution in [0.3, 0.4) is 0 Å². The summed E-state index contributed by atoms with van der Waals surface area (Å²) in [6.45, 7) is 2.47. The van der Waals surface area contributed by atoms with Crippen LogP contribution in [0.1, 0.15) is 66.2 Å². The molecule has 0 heterocycles. The molecule has 1 aromatic rings. The maximum absolute atomic E-state index is 10.2. The molecule has 19 heavy (non-hydrogen) atoms. The van der Waals surface area contributed by atoms with Crippen molar-refractivity contribution in [1.82, 2.24) is 0 Å². The Bertz CT molecular complexity index is 442. The largest absolute Gasteiger partial charge is 0.493 e. The first-order chi connectivity index (χ1) is 10.0. The highest BCUT2D eigenvalue weighted by Gasteiger charge is 2.14. The fourth-order valence-electron chi connectivity index (χ4n) is 2.65. The minimum Gasteiger partial charge on any atom is -0.493 e. The van der Waals surface area contributed by atoms with E-state index in [-0.39, 0.29) is 6.42 Å². The van der Waals surface area contributed by atoms with E-state index in [0.29, 0.717) is 11.5 Å². The van der Waals surface area contributed by atoms with Crippen molar-refractivity contribution in [1.29, 1.82) is 0 Å². The predicted octanol–water partition coefficient (Wildman–Crippen LogP) is 4.48. The molecule has 1 aromatic carbocycles. The van der Waals surface area contributed by atoms with Gasteiger partial charge in [-0.05, 0) is 42.8 Å². The molecule has 0 radical (unpaired) electrons. The third kappa shape index (κ3) is 4.54. The van der Waals surface area contributed by atoms with Crippen molar-refractivity contribution in [3.63, 3.8) is 0 Å². The second-order valence-electron chi connectivity index (χ2n) is 5.35. The molecular formula is C17H26O2. The highest BCUT2D eigenvalue weighted by Crippen LogP contribution is 2.26. The Hall–Kier alpha value is -1.02. The van der Waals surface area contributed by atoms with Crippen LogP contribution in [-0.2, 0) is 0 Å². The second kappa shape index (κ2) is 7.54. The quantitative estimate of drug-likeness (QED) is 0.821. The summed E-state index contributed by atoms with van der Waals surface area (Å²) in [6.07, 6.45) is 3.96. The van der Waals surface area contributed by atoms with E-state index in [0.717, 1.165) is 12.4 Å². The molecule has 2 nitrogen and oxygen atoms in total. The van der Waals surface area contributed by atoms with E-state index in [9.17, 15) is 5.11 Å². The maximum atomic E-state index is 10.2. The highest BCUT2D eigenvalue weighted by atomic mass is 16.5. The van der Waals surface area contributed by atoms with Crippen LogP contribution >= 0.6 is 0 Å². The molecule has 0 bridgehead atoms. The number of hydrogen-bond acceptors (Lipinski definition) is 2. The lowest BCUT2D eigenvalue weighted by molar-refractivity contribution is 0.165. The summed E-state index contributed by atoms with van der Waals surface area (Å²) in [5, 5.41) is 10.2. The van der Waals surface area contributed by atoms with Crippen LogP contribution in [0, 0.1) is 5.92 Å². The normalized spacial score (nSPS) is 20.5. The van der Waals surface area contributed by atoms with Crippen LogP contribution in [0.25, 0.3) is 0 Å². The van der Waals surface area contributed by atoms with Crippen molar-refractivity contribution in [2.75, 3.05) is 6.61 Å². The molecule has 1 N–H and O–H groups in total. The van der Waals surface area contributed by atoms with Crippen LogP contribution in [0.15, 0.2) is 24.3 Å². The number of aliphatic hydroxyl groups excluding tert-OH is 1. The minimum atomic E-state index is -1.61. The molecule has 0 spiro atoms. The third-order valence-electron chi connectivity index (χ3n) is 3.78. The highest BCUT2D eigenvalue weighted by molar-refractivity contribution is 5.29. The van der Waals surface area contributed by atoms with Crippen molar-refractivity contribution < 1.29 is 12.6 Å². The lowest BCUT2D eigenvalue weighted by Gasteiger charge is -2.22. The lowest BCUT2D eigenvalue weighted by atomic mass is 9.90. The van der Waals surface area contributed by atoms with Gasteiger partial charge in [0.25, 0.3) is 0 Å². The van der Waals surface area contributed by atoms with Crippen molar-refractivity contribution in [2.24, 2.45) is 5.92 Å². The monoisotopic (exact) mass is 264 g/mol. The van der Waals surface area contributed by atoms with Crippen molar-refractivity contribution in [3.05, 3.63) is 29.8 Å². The summed E-state index contributed by atoms with van der Waals surface area (Å²) >= 11 is 0. The van der Waals surface area contributed by atoms with Gasteiger partial charge >= 0.3 is 0 Å². The van der Waals surface area contributed by atoms with E-state index in [1.54, 1.807) is 19.1 Å². The van der Waals surface area contributed by atoms with Gasteiger partial charge in [0.15, 0.2) is 0 Å². The Morgan fingerprint density at radius 3 is 2.89 bits per heavy atom. The Kier molecular flexibility index (Phi) is 4.67. The van der Waals surface area contributed by atoms with Gasteiger partial charge in [-0.2, -0.15) is 0 Å². The third-order valence-corrected chi connectivity index (χ3v) is 3.78. The van der Waals surface area contributed by atoms with E-state index in [2.05, 4.69) is 0 Å². The summed E-state index contributed by atoms with van der Waals surface area (Å²) in [7, 11) is 0. The predicted molar refractivity (Wildman–Crippen MR) is 78.4 cm³/mol. The van der Waals surface area contributed by atoms with E-state index < -0.39 is 12.5 Å². The number of aliphatic hydroxyl groups is 1. The molecule has 2 rings (SSSR count). The molecule has 1 saturated carbocycles. The molecule has 0 aromatic heterocycles. The number of hydrogen-bond donors (Lipinski definition) is 1. The van der Waals surface area contributed by atoms with Gasteiger partial charge < -0.3 is 9.84 Å². The smallest absolute Gasteiger partial charge is 0.119 e. The summed E-state index contributed by atoms with van der Waals surface area (Å²) in [5.41, 5.74) is 0.586. The van der Waals surface area contributed by atoms with E-state index >= 15 is 0 Å². The molecule has 2 heteroatoms.